The molecule has 0 atom stereocenters. The number of rotatable bonds is 9. The van der Waals surface area contributed by atoms with Crippen molar-refractivity contribution >= 4 is 11.9 Å². The number of aliphatic imine (C=N–C) groups is 1. The molecule has 160 valence electrons. The van der Waals surface area contributed by atoms with Crippen LogP contribution < -0.4 is 20.7 Å². The van der Waals surface area contributed by atoms with Crippen molar-refractivity contribution in [2.75, 3.05) is 20.1 Å². The molecule has 0 saturated heterocycles. The summed E-state index contributed by atoms with van der Waals surface area (Å²) in [5.41, 5.74) is 2.37. The highest BCUT2D eigenvalue weighted by atomic mass is 16.5. The fraction of sp³-hybridized carbons (Fsp3) is 0.652. The Morgan fingerprint density at radius 3 is 2.52 bits per heavy atom. The van der Waals surface area contributed by atoms with Gasteiger partial charge in [0.2, 0.25) is 5.91 Å². The summed E-state index contributed by atoms with van der Waals surface area (Å²) in [5, 5.41) is 9.72. The summed E-state index contributed by atoms with van der Waals surface area (Å²) >= 11 is 0. The number of amides is 1. The van der Waals surface area contributed by atoms with Crippen molar-refractivity contribution < 1.29 is 9.53 Å². The number of carbonyl (C=O) groups excluding carboxylic acids is 1. The van der Waals surface area contributed by atoms with Crippen molar-refractivity contribution in [3.05, 3.63) is 29.3 Å². The molecule has 1 aromatic carbocycles. The van der Waals surface area contributed by atoms with E-state index in [0.29, 0.717) is 19.2 Å². The van der Waals surface area contributed by atoms with Crippen LogP contribution in [-0.4, -0.2) is 38.1 Å². The summed E-state index contributed by atoms with van der Waals surface area (Å²) in [4.78, 5) is 16.1. The molecular weight excluding hydrogens is 364 g/mol. The number of nitrogens with zero attached hydrogens (tertiary/aromatic N) is 1. The van der Waals surface area contributed by atoms with Crippen LogP contribution in [0, 0.1) is 12.8 Å². The lowest BCUT2D eigenvalue weighted by atomic mass is 9.85. The molecule has 0 spiro atoms. The Bertz CT molecular complexity index is 694. The number of hydrogen-bond donors (Lipinski definition) is 3. The molecule has 6 nitrogen and oxygen atoms in total. The van der Waals surface area contributed by atoms with Crippen molar-refractivity contribution in [1.82, 2.24) is 16.0 Å². The Labute approximate surface area is 174 Å². The molecule has 0 heterocycles. The molecule has 0 aromatic heterocycles. The van der Waals surface area contributed by atoms with Crippen LogP contribution in [0.2, 0.25) is 0 Å². The van der Waals surface area contributed by atoms with Crippen LogP contribution in [-0.2, 0) is 11.3 Å². The fourth-order valence-corrected chi connectivity index (χ4v) is 3.82. The van der Waals surface area contributed by atoms with E-state index < -0.39 is 0 Å². The van der Waals surface area contributed by atoms with E-state index in [1.807, 2.05) is 0 Å². The van der Waals surface area contributed by atoms with Gasteiger partial charge in [0.1, 0.15) is 5.75 Å². The largest absolute Gasteiger partial charge is 0.490 e. The lowest BCUT2D eigenvalue weighted by Crippen LogP contribution is -2.39. The molecule has 1 aromatic rings. The third-order valence-electron chi connectivity index (χ3n) is 5.91. The molecular formula is C23H36N4O2. The summed E-state index contributed by atoms with van der Waals surface area (Å²) < 4.78 is 6.28. The van der Waals surface area contributed by atoms with E-state index >= 15 is 0 Å². The summed E-state index contributed by atoms with van der Waals surface area (Å²) in [5.74, 6) is 2.22. The van der Waals surface area contributed by atoms with Gasteiger partial charge in [-0.15, -0.1) is 0 Å². The van der Waals surface area contributed by atoms with Gasteiger partial charge in [-0.05, 0) is 63.5 Å². The number of ether oxygens (including phenoxy) is 1. The number of nitrogens with one attached hydrogen (secondary N) is 3. The van der Waals surface area contributed by atoms with E-state index in [9.17, 15) is 4.79 Å². The predicted octanol–water partition coefficient (Wildman–Crippen LogP) is 3.29. The molecule has 2 fully saturated rings. The highest BCUT2D eigenvalue weighted by Gasteiger charge is 2.24. The van der Waals surface area contributed by atoms with Crippen LogP contribution >= 0.6 is 0 Å². The smallest absolute Gasteiger partial charge is 0.223 e. The second-order valence-corrected chi connectivity index (χ2v) is 8.26. The minimum Gasteiger partial charge on any atom is -0.490 e. The van der Waals surface area contributed by atoms with Gasteiger partial charge in [0.25, 0.3) is 0 Å². The van der Waals surface area contributed by atoms with Gasteiger partial charge in [-0.3, -0.25) is 9.79 Å². The molecule has 0 unspecified atom stereocenters. The van der Waals surface area contributed by atoms with E-state index in [1.165, 1.54) is 24.8 Å². The van der Waals surface area contributed by atoms with Gasteiger partial charge in [0.05, 0.1) is 6.10 Å². The Balaban J connectivity index is 1.40. The fourth-order valence-electron chi connectivity index (χ4n) is 3.82. The van der Waals surface area contributed by atoms with Gasteiger partial charge >= 0.3 is 0 Å². The lowest BCUT2D eigenvalue weighted by molar-refractivity contribution is -0.127. The van der Waals surface area contributed by atoms with Gasteiger partial charge < -0.3 is 20.7 Å². The molecule has 2 aliphatic carbocycles. The second kappa shape index (κ2) is 11.1. The van der Waals surface area contributed by atoms with Crippen LogP contribution in [0.5, 0.6) is 5.75 Å². The van der Waals surface area contributed by atoms with Gasteiger partial charge in [0.15, 0.2) is 5.96 Å². The second-order valence-electron chi connectivity index (χ2n) is 8.26. The molecule has 3 rings (SSSR count). The normalized spacial score (nSPS) is 17.7. The van der Waals surface area contributed by atoms with Gasteiger partial charge in [-0.1, -0.05) is 18.6 Å². The monoisotopic (exact) mass is 400 g/mol. The quantitative estimate of drug-likeness (QED) is 0.338. The van der Waals surface area contributed by atoms with E-state index in [4.69, 9.17) is 4.74 Å². The standard InChI is InChI=1S/C23H36N4O2/c1-17-11-12-19(21(15-17)29-20-9-3-4-10-20)16-27-23(24-2)26-14-6-13-25-22(28)18-7-5-8-18/h11-12,15,18,20H,3-10,13-14,16H2,1-2H3,(H,25,28)(H2,24,26,27). The summed E-state index contributed by atoms with van der Waals surface area (Å²) in [6.45, 7) is 4.24. The maximum absolute atomic E-state index is 11.8. The van der Waals surface area contributed by atoms with E-state index in [-0.39, 0.29) is 11.8 Å². The van der Waals surface area contributed by atoms with Crippen LogP contribution in [0.1, 0.15) is 62.5 Å². The molecule has 2 aliphatic rings. The van der Waals surface area contributed by atoms with Crippen LogP contribution in [0.4, 0.5) is 0 Å². The summed E-state index contributed by atoms with van der Waals surface area (Å²) in [7, 11) is 1.78. The third-order valence-corrected chi connectivity index (χ3v) is 5.91. The zero-order valence-corrected chi connectivity index (χ0v) is 17.9. The molecule has 0 bridgehead atoms. The first kappa shape index (κ1) is 21.5. The van der Waals surface area contributed by atoms with Crippen LogP contribution in [0.15, 0.2) is 23.2 Å². The van der Waals surface area contributed by atoms with Gasteiger partial charge in [-0.25, -0.2) is 0 Å². The first-order chi connectivity index (χ1) is 14.2. The van der Waals surface area contributed by atoms with E-state index in [2.05, 4.69) is 46.1 Å². The zero-order valence-electron chi connectivity index (χ0n) is 17.9. The molecule has 1 amide bonds. The Morgan fingerprint density at radius 2 is 1.83 bits per heavy atom. The van der Waals surface area contributed by atoms with Crippen molar-refractivity contribution in [3.63, 3.8) is 0 Å². The maximum atomic E-state index is 11.8. The van der Waals surface area contributed by atoms with E-state index in [0.717, 1.165) is 55.9 Å². The van der Waals surface area contributed by atoms with Crippen molar-refractivity contribution in [3.8, 4) is 5.75 Å². The maximum Gasteiger partial charge on any atom is 0.223 e. The SMILES string of the molecule is CN=C(NCCCNC(=O)C1CCC1)NCc1ccc(C)cc1OC1CCCC1. The first-order valence-electron chi connectivity index (χ1n) is 11.1. The van der Waals surface area contributed by atoms with E-state index in [1.54, 1.807) is 7.05 Å². The van der Waals surface area contributed by atoms with Crippen LogP contribution in [0.3, 0.4) is 0 Å². The number of benzene rings is 1. The lowest BCUT2D eigenvalue weighted by Gasteiger charge is -2.24. The molecule has 0 aliphatic heterocycles. The minimum absolute atomic E-state index is 0.216. The van der Waals surface area contributed by atoms with Gasteiger partial charge in [0, 0.05) is 38.2 Å². The zero-order chi connectivity index (χ0) is 20.5. The number of carbonyl (C=O) groups is 1. The van der Waals surface area contributed by atoms with Crippen LogP contribution in [0.25, 0.3) is 0 Å². The highest BCUT2D eigenvalue weighted by Crippen LogP contribution is 2.28. The number of hydrogen-bond acceptors (Lipinski definition) is 3. The molecule has 0 radical (unpaired) electrons. The van der Waals surface area contributed by atoms with Crippen molar-refractivity contribution in [1.29, 1.82) is 0 Å². The third kappa shape index (κ3) is 6.65. The molecule has 29 heavy (non-hydrogen) atoms. The first-order valence-corrected chi connectivity index (χ1v) is 11.1. The van der Waals surface area contributed by atoms with Crippen molar-refractivity contribution in [2.24, 2.45) is 10.9 Å². The minimum atomic E-state index is 0.216. The Hall–Kier alpha value is -2.24. The van der Waals surface area contributed by atoms with Crippen molar-refractivity contribution in [2.45, 2.75) is 70.9 Å². The average molecular weight is 401 g/mol. The van der Waals surface area contributed by atoms with Gasteiger partial charge in [-0.2, -0.15) is 0 Å². The number of guanidine groups is 1. The molecule has 2 saturated carbocycles. The topological polar surface area (TPSA) is 74.8 Å². The Morgan fingerprint density at radius 1 is 1.07 bits per heavy atom. The predicted molar refractivity (Wildman–Crippen MR) is 117 cm³/mol. The Kier molecular flexibility index (Phi) is 8.20. The summed E-state index contributed by atoms with van der Waals surface area (Å²) in [6, 6.07) is 6.39. The molecule has 6 heteroatoms. The average Bonchev–Trinajstić information content (AvgIpc) is 3.17. The summed E-state index contributed by atoms with van der Waals surface area (Å²) in [6.07, 6.45) is 9.35. The number of aryl methyl sites for hydroxylation is 1. The highest BCUT2D eigenvalue weighted by molar-refractivity contribution is 5.80. The molecule has 3 N–H and O–H groups in total.